The summed E-state index contributed by atoms with van der Waals surface area (Å²) in [5.41, 5.74) is 0. The molecule has 2 N–H and O–H groups in total. The maximum absolute atomic E-state index is 9.95. The monoisotopic (exact) mass is 253 g/mol. The molecule has 0 aliphatic carbocycles. The Morgan fingerprint density at radius 1 is 1.64 bits per heavy atom. The Hall–Kier alpha value is -0.360. The van der Waals surface area contributed by atoms with Crippen molar-refractivity contribution in [3.63, 3.8) is 0 Å². The summed E-state index contributed by atoms with van der Waals surface area (Å²) in [4.78, 5) is 19.8. The van der Waals surface area contributed by atoms with Gasteiger partial charge in [-0.1, -0.05) is 0 Å². The van der Waals surface area contributed by atoms with Gasteiger partial charge in [-0.25, -0.2) is 0 Å². The summed E-state index contributed by atoms with van der Waals surface area (Å²) in [5.74, 6) is -2.39. The van der Waals surface area contributed by atoms with Gasteiger partial charge in [0.1, 0.15) is 0 Å². The minimum Gasteiger partial charge on any atom is -0.548 e. The van der Waals surface area contributed by atoms with Gasteiger partial charge in [0, 0.05) is 6.04 Å². The second-order valence-corrected chi connectivity index (χ2v) is 1.82. The van der Waals surface area contributed by atoms with Gasteiger partial charge in [-0.2, -0.15) is 0 Å². The molecule has 68 valence electrons. The molecule has 0 aliphatic heterocycles. The Balaban J connectivity index is 0. The molecule has 0 aliphatic rings. The smallest absolute Gasteiger partial charge is 0.548 e. The molecule has 0 heterocycles. The van der Waals surface area contributed by atoms with E-state index in [4.69, 9.17) is 5.11 Å². The van der Waals surface area contributed by atoms with Gasteiger partial charge in [0.2, 0.25) is 0 Å². The average molecular weight is 254 g/mol. The van der Waals surface area contributed by atoms with Gasteiger partial charge in [-0.05, 0) is 6.92 Å². The van der Waals surface area contributed by atoms with E-state index in [9.17, 15) is 14.7 Å². The first-order valence-corrected chi connectivity index (χ1v) is 2.70. The molecular formula is C5H8AgNO4. The first kappa shape index (κ1) is 13.2. The van der Waals surface area contributed by atoms with Crippen molar-refractivity contribution in [2.75, 3.05) is 6.54 Å². The van der Waals surface area contributed by atoms with Crippen LogP contribution in [0.4, 0.5) is 0 Å². The molecule has 0 saturated carbocycles. The fourth-order valence-electron chi connectivity index (χ4n) is 0.324. The number of rotatable bonds is 4. The second-order valence-electron chi connectivity index (χ2n) is 1.82. The van der Waals surface area contributed by atoms with E-state index in [1.54, 1.807) is 0 Å². The Kier molecular flexibility index (Phi) is 7.65. The Morgan fingerprint density at radius 2 is 2.09 bits per heavy atom. The topological polar surface area (TPSA) is 89.5 Å². The zero-order valence-corrected chi connectivity index (χ0v) is 7.24. The molecule has 0 rings (SSSR count). The van der Waals surface area contributed by atoms with Crippen LogP contribution < -0.4 is 10.4 Å². The number of hydrogen-bond acceptors (Lipinski definition) is 4. The molecule has 0 aromatic carbocycles. The van der Waals surface area contributed by atoms with Crippen molar-refractivity contribution in [3.05, 3.63) is 0 Å². The zero-order chi connectivity index (χ0) is 8.15. The molecule has 0 saturated heterocycles. The van der Waals surface area contributed by atoms with E-state index in [0.717, 1.165) is 0 Å². The van der Waals surface area contributed by atoms with Crippen LogP contribution in [0.2, 0.25) is 0 Å². The summed E-state index contributed by atoms with van der Waals surface area (Å²) < 4.78 is 0. The summed E-state index contributed by atoms with van der Waals surface area (Å²) in [6.45, 7) is 0.952. The third-order valence-electron chi connectivity index (χ3n) is 0.913. The van der Waals surface area contributed by atoms with Crippen LogP contribution in [0, 0.1) is 0 Å². The van der Waals surface area contributed by atoms with Gasteiger partial charge >= 0.3 is 28.3 Å². The SMILES string of the molecule is C[C@H](NCC(=O)O)C(=O)[O-].[Ag+]. The van der Waals surface area contributed by atoms with Gasteiger partial charge < -0.3 is 15.0 Å². The molecule has 0 aromatic heterocycles. The molecule has 0 amide bonds. The number of aliphatic carboxylic acids is 2. The van der Waals surface area contributed by atoms with Crippen molar-refractivity contribution < 1.29 is 42.2 Å². The van der Waals surface area contributed by atoms with E-state index in [-0.39, 0.29) is 28.9 Å². The van der Waals surface area contributed by atoms with Crippen LogP contribution in [0.1, 0.15) is 6.92 Å². The third-order valence-corrected chi connectivity index (χ3v) is 0.913. The zero-order valence-electron chi connectivity index (χ0n) is 5.76. The summed E-state index contributed by atoms with van der Waals surface area (Å²) in [6.07, 6.45) is 0. The van der Waals surface area contributed by atoms with Crippen molar-refractivity contribution in [1.82, 2.24) is 5.32 Å². The van der Waals surface area contributed by atoms with E-state index >= 15 is 0 Å². The molecular weight excluding hydrogens is 246 g/mol. The van der Waals surface area contributed by atoms with Crippen molar-refractivity contribution in [2.45, 2.75) is 13.0 Å². The van der Waals surface area contributed by atoms with Crippen LogP contribution in [0.5, 0.6) is 0 Å². The second kappa shape index (κ2) is 6.36. The maximum atomic E-state index is 9.95. The molecule has 0 radical (unpaired) electrons. The van der Waals surface area contributed by atoms with Crippen LogP contribution in [0.15, 0.2) is 0 Å². The normalized spacial score (nSPS) is 11.4. The third kappa shape index (κ3) is 7.54. The molecule has 0 unspecified atom stereocenters. The predicted octanol–water partition coefficient (Wildman–Crippen LogP) is -2.20. The van der Waals surface area contributed by atoms with Crippen LogP contribution in [-0.2, 0) is 32.0 Å². The van der Waals surface area contributed by atoms with Gasteiger partial charge in [0.05, 0.1) is 12.5 Å². The number of carbonyl (C=O) groups is 2. The first-order chi connectivity index (χ1) is 4.54. The van der Waals surface area contributed by atoms with E-state index in [2.05, 4.69) is 5.32 Å². The molecule has 5 nitrogen and oxygen atoms in total. The number of carbonyl (C=O) groups excluding carboxylic acids is 1. The van der Waals surface area contributed by atoms with Gasteiger partial charge in [0.15, 0.2) is 0 Å². The number of hydrogen-bond donors (Lipinski definition) is 2. The van der Waals surface area contributed by atoms with Crippen molar-refractivity contribution >= 4 is 11.9 Å². The van der Waals surface area contributed by atoms with Crippen LogP contribution in [0.3, 0.4) is 0 Å². The first-order valence-electron chi connectivity index (χ1n) is 2.70. The predicted molar refractivity (Wildman–Crippen MR) is 30.1 cm³/mol. The maximum Gasteiger partial charge on any atom is 1.00 e. The minimum atomic E-state index is -1.30. The van der Waals surface area contributed by atoms with Gasteiger partial charge in [-0.15, -0.1) is 0 Å². The molecule has 6 heteroatoms. The Morgan fingerprint density at radius 3 is 2.36 bits per heavy atom. The molecule has 0 spiro atoms. The quantitative estimate of drug-likeness (QED) is 0.555. The van der Waals surface area contributed by atoms with Crippen molar-refractivity contribution in [2.24, 2.45) is 0 Å². The van der Waals surface area contributed by atoms with Gasteiger partial charge in [0.25, 0.3) is 0 Å². The molecule has 11 heavy (non-hydrogen) atoms. The Bertz CT molecular complexity index is 149. The number of nitrogens with one attached hydrogen (secondary N) is 1. The standard InChI is InChI=1S/C5H9NO4.Ag/c1-3(5(9)10)6-2-4(7)8;/h3,6H,2H2,1H3,(H,7,8)(H,9,10);/q;+1/p-1/t3-;/m0./s1. The summed E-state index contributed by atoms with van der Waals surface area (Å²) >= 11 is 0. The minimum absolute atomic E-state index is 0. The molecule has 0 bridgehead atoms. The van der Waals surface area contributed by atoms with E-state index in [1.165, 1.54) is 6.92 Å². The summed E-state index contributed by atoms with van der Waals surface area (Å²) in [6, 6.07) is -0.920. The van der Waals surface area contributed by atoms with Gasteiger partial charge in [-0.3, -0.25) is 10.1 Å². The molecule has 0 fully saturated rings. The van der Waals surface area contributed by atoms with E-state index in [1.807, 2.05) is 0 Å². The average Bonchev–Trinajstić information content (AvgIpc) is 1.82. The van der Waals surface area contributed by atoms with Crippen LogP contribution in [-0.4, -0.2) is 29.6 Å². The van der Waals surface area contributed by atoms with Crippen LogP contribution in [0.25, 0.3) is 0 Å². The summed E-state index contributed by atoms with van der Waals surface area (Å²) in [7, 11) is 0. The largest absolute Gasteiger partial charge is 1.00 e. The molecule has 0 aromatic rings. The fraction of sp³-hybridized carbons (Fsp3) is 0.600. The number of carboxylic acid groups (broad SMARTS) is 2. The summed E-state index contributed by atoms with van der Waals surface area (Å²) in [5, 5.41) is 20.2. The van der Waals surface area contributed by atoms with E-state index in [0.29, 0.717) is 0 Å². The Labute approximate surface area is 79.3 Å². The van der Waals surface area contributed by atoms with Crippen LogP contribution >= 0.6 is 0 Å². The van der Waals surface area contributed by atoms with Crippen molar-refractivity contribution in [1.29, 1.82) is 0 Å². The van der Waals surface area contributed by atoms with E-state index < -0.39 is 18.0 Å². The molecule has 1 atom stereocenters. The van der Waals surface area contributed by atoms with Crippen molar-refractivity contribution in [3.8, 4) is 0 Å². The fourth-order valence-corrected chi connectivity index (χ4v) is 0.324. The number of carboxylic acids is 2.